The molecule has 2 aromatic rings. The summed E-state index contributed by atoms with van der Waals surface area (Å²) in [5, 5.41) is 13.3. The zero-order chi connectivity index (χ0) is 22.4. The first kappa shape index (κ1) is 22.6. The zero-order valence-corrected chi connectivity index (χ0v) is 17.1. The molecule has 0 radical (unpaired) electrons. The molecule has 0 fully saturated rings. The summed E-state index contributed by atoms with van der Waals surface area (Å²) in [4.78, 5) is 46.8. The van der Waals surface area contributed by atoms with Gasteiger partial charge in [-0.1, -0.05) is 6.07 Å². The summed E-state index contributed by atoms with van der Waals surface area (Å²) < 4.78 is 11.8. The summed E-state index contributed by atoms with van der Waals surface area (Å²) in [5.41, 5.74) is 1.62. The molecule has 1 heterocycles. The number of ether oxygens (including phenoxy) is 2. The molecule has 0 saturated heterocycles. The third-order valence-electron chi connectivity index (χ3n) is 4.36. The number of aryl methyl sites for hydroxylation is 1. The second kappa shape index (κ2) is 9.68. The molecule has 10 nitrogen and oxygen atoms in total. The van der Waals surface area contributed by atoms with E-state index in [0.29, 0.717) is 17.0 Å². The van der Waals surface area contributed by atoms with Crippen LogP contribution in [0.5, 0.6) is 0 Å². The van der Waals surface area contributed by atoms with Crippen LogP contribution in [0, 0.1) is 24.0 Å². The number of nitrogens with zero attached hydrogens (tertiary/aromatic N) is 2. The van der Waals surface area contributed by atoms with Gasteiger partial charge in [-0.2, -0.15) is 0 Å². The molecule has 0 aliphatic rings. The lowest BCUT2D eigenvalue weighted by atomic mass is 10.2. The zero-order valence-electron chi connectivity index (χ0n) is 17.1. The summed E-state index contributed by atoms with van der Waals surface area (Å²) in [7, 11) is 0. The Labute approximate surface area is 172 Å². The second-order valence-corrected chi connectivity index (χ2v) is 6.52. The van der Waals surface area contributed by atoms with Gasteiger partial charge in [0.15, 0.2) is 6.10 Å². The lowest BCUT2D eigenvalue weighted by Crippen LogP contribution is -2.31. The van der Waals surface area contributed by atoms with Crippen molar-refractivity contribution in [3.63, 3.8) is 0 Å². The number of amides is 1. The molecule has 0 spiro atoms. The molecule has 1 unspecified atom stereocenters. The van der Waals surface area contributed by atoms with Crippen LogP contribution in [0.15, 0.2) is 30.3 Å². The highest BCUT2D eigenvalue weighted by Gasteiger charge is 2.22. The van der Waals surface area contributed by atoms with Gasteiger partial charge >= 0.3 is 11.9 Å². The van der Waals surface area contributed by atoms with Crippen molar-refractivity contribution in [2.75, 3.05) is 11.9 Å². The van der Waals surface area contributed by atoms with Gasteiger partial charge in [-0.3, -0.25) is 19.7 Å². The van der Waals surface area contributed by atoms with Crippen molar-refractivity contribution in [3.05, 3.63) is 57.4 Å². The number of hydrogen-bond donors (Lipinski definition) is 1. The van der Waals surface area contributed by atoms with Gasteiger partial charge in [0.2, 0.25) is 0 Å². The number of nitro benzene ring substituents is 1. The molecule has 160 valence electrons. The highest BCUT2D eigenvalue weighted by Crippen LogP contribution is 2.18. The molecule has 1 aromatic heterocycles. The van der Waals surface area contributed by atoms with E-state index in [2.05, 4.69) is 5.32 Å². The van der Waals surface area contributed by atoms with Crippen molar-refractivity contribution in [3.8, 4) is 0 Å². The number of rotatable bonds is 8. The first-order valence-electron chi connectivity index (χ1n) is 9.22. The molecular weight excluding hydrogens is 394 g/mol. The van der Waals surface area contributed by atoms with E-state index in [0.717, 1.165) is 0 Å². The number of hydrogen-bond acceptors (Lipinski definition) is 7. The van der Waals surface area contributed by atoms with E-state index in [1.54, 1.807) is 31.4 Å². The van der Waals surface area contributed by atoms with Crippen LogP contribution < -0.4 is 5.32 Å². The van der Waals surface area contributed by atoms with Crippen LogP contribution >= 0.6 is 0 Å². The van der Waals surface area contributed by atoms with Crippen LogP contribution in [0.2, 0.25) is 0 Å². The van der Waals surface area contributed by atoms with Crippen LogP contribution in [-0.4, -0.2) is 40.0 Å². The number of non-ortho nitro benzene ring substituents is 1. The quantitative estimate of drug-likeness (QED) is 0.397. The molecule has 0 bridgehead atoms. The van der Waals surface area contributed by atoms with Gasteiger partial charge < -0.3 is 19.4 Å². The Morgan fingerprint density at radius 1 is 1.23 bits per heavy atom. The smallest absolute Gasteiger partial charge is 0.339 e. The monoisotopic (exact) mass is 417 g/mol. The van der Waals surface area contributed by atoms with Gasteiger partial charge in [0.1, 0.15) is 6.54 Å². The molecule has 1 amide bonds. The molecular formula is C20H23N3O7. The number of benzene rings is 1. The molecule has 1 N–H and O–H groups in total. The minimum atomic E-state index is -1.13. The lowest BCUT2D eigenvalue weighted by Gasteiger charge is -2.15. The Kier molecular flexibility index (Phi) is 7.29. The number of aromatic nitrogens is 1. The molecule has 10 heteroatoms. The number of esters is 2. The highest BCUT2D eigenvalue weighted by atomic mass is 16.6. The van der Waals surface area contributed by atoms with E-state index < -0.39 is 28.9 Å². The fourth-order valence-electron chi connectivity index (χ4n) is 2.82. The van der Waals surface area contributed by atoms with Gasteiger partial charge in [-0.05, 0) is 39.8 Å². The first-order valence-corrected chi connectivity index (χ1v) is 9.22. The van der Waals surface area contributed by atoms with Crippen molar-refractivity contribution >= 4 is 29.2 Å². The Morgan fingerprint density at radius 2 is 1.93 bits per heavy atom. The van der Waals surface area contributed by atoms with Crippen LogP contribution in [0.25, 0.3) is 0 Å². The number of carbonyl (C=O) groups excluding carboxylic acids is 3. The molecule has 0 aliphatic heterocycles. The summed E-state index contributed by atoms with van der Waals surface area (Å²) in [5.74, 6) is -1.78. The maximum atomic E-state index is 12.3. The van der Waals surface area contributed by atoms with Gasteiger partial charge in [0.05, 0.1) is 17.1 Å². The average molecular weight is 417 g/mol. The summed E-state index contributed by atoms with van der Waals surface area (Å²) in [6.07, 6.45) is -1.13. The van der Waals surface area contributed by atoms with Crippen molar-refractivity contribution in [1.29, 1.82) is 0 Å². The van der Waals surface area contributed by atoms with Crippen LogP contribution in [0.4, 0.5) is 11.4 Å². The van der Waals surface area contributed by atoms with Gasteiger partial charge in [-0.25, -0.2) is 4.79 Å². The van der Waals surface area contributed by atoms with Crippen molar-refractivity contribution in [1.82, 2.24) is 4.57 Å². The average Bonchev–Trinajstić information content (AvgIpc) is 2.96. The topological polar surface area (TPSA) is 130 Å². The minimum Gasteiger partial charge on any atom is -0.462 e. The summed E-state index contributed by atoms with van der Waals surface area (Å²) in [6, 6.07) is 7.05. The maximum Gasteiger partial charge on any atom is 0.339 e. The SMILES string of the molecule is CCOC(=O)c1cc(C)n(CC(=O)OC(C)C(=O)Nc2cccc([N+](=O)[O-])c2)c1C. The van der Waals surface area contributed by atoms with Crippen molar-refractivity contribution in [2.45, 2.75) is 40.3 Å². The number of nitrogens with one attached hydrogen (secondary N) is 1. The minimum absolute atomic E-state index is 0.173. The predicted octanol–water partition coefficient (Wildman–Crippen LogP) is 2.76. The summed E-state index contributed by atoms with van der Waals surface area (Å²) >= 11 is 0. The standard InChI is InChI=1S/C20H23N3O7/c1-5-29-20(26)17-9-12(2)22(13(17)3)11-18(24)30-14(4)19(25)21-15-7-6-8-16(10-15)23(27)28/h6-10,14H,5,11H2,1-4H3,(H,21,25). The number of carbonyl (C=O) groups is 3. The van der Waals surface area contributed by atoms with E-state index in [1.807, 2.05) is 0 Å². The molecule has 1 aromatic carbocycles. The molecule has 0 saturated carbocycles. The van der Waals surface area contributed by atoms with Gasteiger partial charge in [0.25, 0.3) is 11.6 Å². The van der Waals surface area contributed by atoms with Crippen LogP contribution in [0.1, 0.15) is 35.6 Å². The molecule has 2 rings (SSSR count). The Bertz CT molecular complexity index is 981. The molecule has 30 heavy (non-hydrogen) atoms. The maximum absolute atomic E-state index is 12.3. The first-order chi connectivity index (χ1) is 14.1. The van der Waals surface area contributed by atoms with E-state index >= 15 is 0 Å². The second-order valence-electron chi connectivity index (χ2n) is 6.52. The Morgan fingerprint density at radius 3 is 2.57 bits per heavy atom. The highest BCUT2D eigenvalue weighted by molar-refractivity contribution is 5.95. The van der Waals surface area contributed by atoms with Gasteiger partial charge in [-0.15, -0.1) is 0 Å². The normalized spacial score (nSPS) is 11.5. The van der Waals surface area contributed by atoms with Gasteiger partial charge in [0, 0.05) is 29.2 Å². The van der Waals surface area contributed by atoms with Crippen LogP contribution in [0.3, 0.4) is 0 Å². The van der Waals surface area contributed by atoms with E-state index in [9.17, 15) is 24.5 Å². The predicted molar refractivity (Wildman–Crippen MR) is 107 cm³/mol. The van der Waals surface area contributed by atoms with Crippen molar-refractivity contribution < 1.29 is 28.8 Å². The fraction of sp³-hybridized carbons (Fsp3) is 0.350. The van der Waals surface area contributed by atoms with Crippen LogP contribution in [-0.2, 0) is 25.6 Å². The van der Waals surface area contributed by atoms with E-state index in [-0.39, 0.29) is 24.5 Å². The Hall–Kier alpha value is -3.69. The Balaban J connectivity index is 2.01. The lowest BCUT2D eigenvalue weighted by molar-refractivity contribution is -0.384. The van der Waals surface area contributed by atoms with Crippen molar-refractivity contribution in [2.24, 2.45) is 0 Å². The third kappa shape index (κ3) is 5.43. The summed E-state index contributed by atoms with van der Waals surface area (Å²) in [6.45, 7) is 6.57. The van der Waals surface area contributed by atoms with E-state index in [1.165, 1.54) is 31.2 Å². The number of anilines is 1. The molecule has 1 atom stereocenters. The largest absolute Gasteiger partial charge is 0.462 e. The third-order valence-corrected chi connectivity index (χ3v) is 4.36. The molecule has 0 aliphatic carbocycles. The fourth-order valence-corrected chi connectivity index (χ4v) is 2.82. The number of nitro groups is 1. The van der Waals surface area contributed by atoms with E-state index in [4.69, 9.17) is 9.47 Å².